The molecule has 0 amide bonds. The van der Waals surface area contributed by atoms with E-state index < -0.39 is 117 Å². The van der Waals surface area contributed by atoms with Crippen LogP contribution in [0.4, 0.5) is 0 Å². The van der Waals surface area contributed by atoms with Crippen LogP contribution in [0.2, 0.25) is 0 Å². The summed E-state index contributed by atoms with van der Waals surface area (Å²) in [6.45, 7) is 1.69. The monoisotopic (exact) mass is 624 g/mol. The van der Waals surface area contributed by atoms with Crippen molar-refractivity contribution in [2.24, 2.45) is 23.7 Å². The molecule has 0 aromatic rings. The highest BCUT2D eigenvalue weighted by Crippen LogP contribution is 2.49. The summed E-state index contributed by atoms with van der Waals surface area (Å²) in [7, 11) is 0. The van der Waals surface area contributed by atoms with Gasteiger partial charge in [-0.15, -0.1) is 0 Å². The van der Waals surface area contributed by atoms with Gasteiger partial charge in [0.2, 0.25) is 6.29 Å². The Balaban J connectivity index is 1.54. The van der Waals surface area contributed by atoms with Gasteiger partial charge in [-0.05, 0) is 23.8 Å². The van der Waals surface area contributed by atoms with Crippen LogP contribution in [0.15, 0.2) is 11.8 Å². The van der Waals surface area contributed by atoms with Gasteiger partial charge in [0.05, 0.1) is 32.2 Å². The molecule has 0 aromatic heterocycles. The van der Waals surface area contributed by atoms with Gasteiger partial charge < -0.3 is 74.4 Å². The summed E-state index contributed by atoms with van der Waals surface area (Å²) < 4.78 is 34.1. The molecule has 0 bridgehead atoms. The van der Waals surface area contributed by atoms with Crippen LogP contribution in [-0.2, 0) is 33.2 Å². The molecule has 43 heavy (non-hydrogen) atoms. The van der Waals surface area contributed by atoms with E-state index in [1.165, 1.54) is 6.26 Å². The minimum Gasteiger partial charge on any atom is -0.462 e. The Morgan fingerprint density at radius 3 is 1.98 bits per heavy atom. The maximum atomic E-state index is 12.6. The number of esters is 1. The predicted molar refractivity (Wildman–Crippen MR) is 139 cm³/mol. The zero-order valence-corrected chi connectivity index (χ0v) is 23.9. The van der Waals surface area contributed by atoms with E-state index in [1.807, 2.05) is 13.8 Å². The highest BCUT2D eigenvalue weighted by atomic mass is 16.7. The molecular formula is C27H44O16. The Morgan fingerprint density at radius 1 is 0.837 bits per heavy atom. The largest absolute Gasteiger partial charge is 0.462 e. The summed E-state index contributed by atoms with van der Waals surface area (Å²) in [5.74, 6) is -2.46. The molecule has 9 N–H and O–H groups in total. The maximum Gasteiger partial charge on any atom is 0.309 e. The fourth-order valence-electron chi connectivity index (χ4n) is 6.14. The molecule has 0 aromatic carbocycles. The van der Waals surface area contributed by atoms with Gasteiger partial charge in [-0.3, -0.25) is 4.79 Å². The Hall–Kier alpha value is -1.51. The molecule has 3 aliphatic heterocycles. The predicted octanol–water partition coefficient (Wildman–Crippen LogP) is -3.94. The molecule has 16 heteroatoms. The van der Waals surface area contributed by atoms with Crippen LogP contribution in [0.3, 0.4) is 0 Å². The van der Waals surface area contributed by atoms with Crippen LogP contribution in [0.1, 0.15) is 26.7 Å². The molecule has 1 aliphatic carbocycles. The SMILES string of the molecule is CC(C)CC(=O)O[C@@H]1OC=C(CO[C@@H]2O[C@H](CO)[C@@H](O)[C@H](O)[C@H]2O)[C@H]2C[C@H](O[C@@H]3O[C@H](CO)[C@@H](O)[C@H](O)[C@H]3O)[C@@H](CO)[C@@H]12. The second-order valence-corrected chi connectivity index (χ2v) is 11.9. The van der Waals surface area contributed by atoms with Gasteiger partial charge in [0.15, 0.2) is 12.6 Å². The first-order valence-corrected chi connectivity index (χ1v) is 14.4. The normalized spacial score (nSPS) is 44.9. The maximum absolute atomic E-state index is 12.6. The molecule has 16 nitrogen and oxygen atoms in total. The lowest BCUT2D eigenvalue weighted by atomic mass is 9.83. The van der Waals surface area contributed by atoms with Gasteiger partial charge in [0.1, 0.15) is 48.8 Å². The van der Waals surface area contributed by atoms with Crippen molar-refractivity contribution < 1.29 is 79.2 Å². The van der Waals surface area contributed by atoms with Gasteiger partial charge in [0, 0.05) is 24.9 Å². The van der Waals surface area contributed by atoms with Crippen molar-refractivity contribution in [1.29, 1.82) is 0 Å². The topological polar surface area (TPSA) is 255 Å². The average Bonchev–Trinajstić information content (AvgIpc) is 3.34. The zero-order chi connectivity index (χ0) is 31.6. The number of fused-ring (bicyclic) bond motifs is 1. The molecule has 3 heterocycles. The number of hydrogen-bond donors (Lipinski definition) is 9. The second kappa shape index (κ2) is 14.7. The first-order valence-electron chi connectivity index (χ1n) is 14.4. The standard InChI is InChI=1S/C27H44O16/c1-10(2)3-17(31)43-25-18-12(11(8-38-25)9-39-26-23(36)21(34)19(32)15(6-29)41-26)4-14(13(18)5-28)40-27-24(37)22(35)20(33)16(7-30)42-27/h8,10,12-16,18-30,32-37H,3-7,9H2,1-2H3/t12-,13-,14+,15-,16-,18+,19-,20-,21+,22+,23-,24-,25+,26-,27-/m1/s1. The molecule has 0 spiro atoms. The number of carbonyl (C=O) groups excluding carboxylic acids is 1. The molecule has 0 radical (unpaired) electrons. The third-order valence-electron chi connectivity index (χ3n) is 8.52. The van der Waals surface area contributed by atoms with E-state index in [1.54, 1.807) is 0 Å². The number of ether oxygens (including phenoxy) is 6. The van der Waals surface area contributed by atoms with Crippen molar-refractivity contribution in [2.75, 3.05) is 26.4 Å². The molecule has 1 saturated carbocycles. The number of hydrogen-bond acceptors (Lipinski definition) is 16. The second-order valence-electron chi connectivity index (χ2n) is 11.9. The molecule has 4 aliphatic rings. The summed E-state index contributed by atoms with van der Waals surface area (Å²) in [5, 5.41) is 90.8. The molecular weight excluding hydrogens is 580 g/mol. The van der Waals surface area contributed by atoms with Crippen molar-refractivity contribution in [2.45, 2.75) is 100 Å². The van der Waals surface area contributed by atoms with Crippen LogP contribution >= 0.6 is 0 Å². The van der Waals surface area contributed by atoms with Crippen LogP contribution in [0.25, 0.3) is 0 Å². The highest BCUT2D eigenvalue weighted by molar-refractivity contribution is 5.69. The molecule has 3 fully saturated rings. The summed E-state index contributed by atoms with van der Waals surface area (Å²) in [6.07, 6.45) is -15.5. The van der Waals surface area contributed by atoms with E-state index in [0.29, 0.717) is 5.57 Å². The van der Waals surface area contributed by atoms with E-state index in [9.17, 15) is 50.8 Å². The first-order chi connectivity index (χ1) is 20.4. The zero-order valence-electron chi connectivity index (χ0n) is 23.9. The quantitative estimate of drug-likeness (QED) is 0.0995. The van der Waals surface area contributed by atoms with Gasteiger partial charge in [-0.25, -0.2) is 0 Å². The molecule has 248 valence electrons. The highest BCUT2D eigenvalue weighted by Gasteiger charge is 2.55. The lowest BCUT2D eigenvalue weighted by Gasteiger charge is -2.41. The van der Waals surface area contributed by atoms with Crippen molar-refractivity contribution in [3.63, 3.8) is 0 Å². The molecule has 4 rings (SSSR count). The first kappa shape index (κ1) is 34.4. The van der Waals surface area contributed by atoms with E-state index in [0.717, 1.165) is 0 Å². The third kappa shape index (κ3) is 7.33. The summed E-state index contributed by atoms with van der Waals surface area (Å²) in [4.78, 5) is 12.6. The molecule has 2 saturated heterocycles. The fraction of sp³-hybridized carbons (Fsp3) is 0.889. The summed E-state index contributed by atoms with van der Waals surface area (Å²) in [6, 6.07) is 0. The Kier molecular flexibility index (Phi) is 11.8. The number of carbonyl (C=O) groups is 1. The van der Waals surface area contributed by atoms with Crippen molar-refractivity contribution in [1.82, 2.24) is 0 Å². The summed E-state index contributed by atoms with van der Waals surface area (Å²) in [5.41, 5.74) is 0.483. The Labute approximate surface area is 248 Å². The van der Waals surface area contributed by atoms with E-state index in [2.05, 4.69) is 0 Å². The average molecular weight is 625 g/mol. The van der Waals surface area contributed by atoms with E-state index >= 15 is 0 Å². The fourth-order valence-corrected chi connectivity index (χ4v) is 6.14. The van der Waals surface area contributed by atoms with E-state index in [-0.39, 0.29) is 25.4 Å². The van der Waals surface area contributed by atoms with E-state index in [4.69, 9.17) is 28.4 Å². The Bertz CT molecular complexity index is 944. The van der Waals surface area contributed by atoms with Gasteiger partial charge >= 0.3 is 5.97 Å². The van der Waals surface area contributed by atoms with Crippen molar-refractivity contribution in [3.8, 4) is 0 Å². The minimum atomic E-state index is -1.68. The summed E-state index contributed by atoms with van der Waals surface area (Å²) >= 11 is 0. The van der Waals surface area contributed by atoms with Gasteiger partial charge in [-0.1, -0.05) is 13.8 Å². The lowest BCUT2D eigenvalue weighted by molar-refractivity contribution is -0.315. The molecule has 0 unspecified atom stereocenters. The van der Waals surface area contributed by atoms with Crippen molar-refractivity contribution in [3.05, 3.63) is 11.8 Å². The Morgan fingerprint density at radius 2 is 1.42 bits per heavy atom. The van der Waals surface area contributed by atoms with Crippen LogP contribution in [-0.4, -0.2) is 152 Å². The third-order valence-corrected chi connectivity index (χ3v) is 8.52. The smallest absolute Gasteiger partial charge is 0.309 e. The number of aliphatic hydroxyl groups is 9. The lowest BCUT2D eigenvalue weighted by Crippen LogP contribution is -2.60. The number of rotatable bonds is 11. The van der Waals surface area contributed by atoms with Gasteiger partial charge in [-0.2, -0.15) is 0 Å². The molecule has 15 atom stereocenters. The van der Waals surface area contributed by atoms with Crippen molar-refractivity contribution >= 4 is 5.97 Å². The van der Waals surface area contributed by atoms with Crippen LogP contribution < -0.4 is 0 Å². The van der Waals surface area contributed by atoms with Crippen LogP contribution in [0, 0.1) is 23.7 Å². The minimum absolute atomic E-state index is 0.00409. The van der Waals surface area contributed by atoms with Gasteiger partial charge in [0.25, 0.3) is 0 Å². The van der Waals surface area contributed by atoms with Crippen LogP contribution in [0.5, 0.6) is 0 Å². The number of aliphatic hydroxyl groups excluding tert-OH is 9.